The van der Waals surface area contributed by atoms with E-state index < -0.39 is 0 Å². The first-order valence-corrected chi connectivity index (χ1v) is 3.26. The Hall–Kier alpha value is -1.05. The van der Waals surface area contributed by atoms with Gasteiger partial charge in [0.1, 0.15) is 0 Å². The van der Waals surface area contributed by atoms with Gasteiger partial charge in [0.2, 0.25) is 0 Å². The van der Waals surface area contributed by atoms with Gasteiger partial charge in [0.15, 0.2) is 0 Å². The van der Waals surface area contributed by atoms with Crippen molar-refractivity contribution in [3.8, 4) is 0 Å². The summed E-state index contributed by atoms with van der Waals surface area (Å²) in [6.45, 7) is 3.79. The third-order valence-corrected chi connectivity index (χ3v) is 1.78. The second-order valence-electron chi connectivity index (χ2n) is 2.54. The van der Waals surface area contributed by atoms with Crippen LogP contribution < -0.4 is 5.56 Å². The first kappa shape index (κ1) is 7.06. The summed E-state index contributed by atoms with van der Waals surface area (Å²) in [5, 5.41) is 0. The average molecular weight is 137 g/mol. The number of nitrogens with zero attached hydrogens (tertiary/aromatic N) is 1. The van der Waals surface area contributed by atoms with Crippen LogP contribution in [0.4, 0.5) is 0 Å². The van der Waals surface area contributed by atoms with E-state index in [1.807, 2.05) is 19.9 Å². The smallest absolute Gasteiger partial charge is 0.253 e. The Kier molecular flexibility index (Phi) is 1.62. The van der Waals surface area contributed by atoms with Crippen LogP contribution in [0.15, 0.2) is 17.1 Å². The Balaban J connectivity index is 3.50. The Labute approximate surface area is 60.1 Å². The summed E-state index contributed by atoms with van der Waals surface area (Å²) in [5.74, 6) is 0. The zero-order chi connectivity index (χ0) is 7.72. The fourth-order valence-corrected chi connectivity index (χ4v) is 0.850. The van der Waals surface area contributed by atoms with Gasteiger partial charge in [-0.3, -0.25) is 4.79 Å². The van der Waals surface area contributed by atoms with Crippen molar-refractivity contribution in [3.63, 3.8) is 0 Å². The second-order valence-corrected chi connectivity index (χ2v) is 2.54. The Morgan fingerprint density at radius 3 is 2.50 bits per heavy atom. The summed E-state index contributed by atoms with van der Waals surface area (Å²) < 4.78 is 1.59. The molecule has 0 amide bonds. The van der Waals surface area contributed by atoms with Gasteiger partial charge >= 0.3 is 0 Å². The van der Waals surface area contributed by atoms with Gasteiger partial charge in [-0.2, -0.15) is 0 Å². The SMILES string of the molecule is Cc1ccn(C)c(=O)c1C. The summed E-state index contributed by atoms with van der Waals surface area (Å²) >= 11 is 0. The standard InChI is InChI=1S/C8H11NO/c1-6-4-5-9(3)8(10)7(6)2/h4-5H,1-3H3. The highest BCUT2D eigenvalue weighted by Crippen LogP contribution is 1.97. The second kappa shape index (κ2) is 2.29. The molecule has 0 aliphatic rings. The summed E-state index contributed by atoms with van der Waals surface area (Å²) in [6.07, 6.45) is 1.78. The van der Waals surface area contributed by atoms with E-state index in [0.717, 1.165) is 11.1 Å². The molecule has 0 saturated heterocycles. The molecule has 0 N–H and O–H groups in total. The molecule has 54 valence electrons. The van der Waals surface area contributed by atoms with Crippen LogP contribution in [0.5, 0.6) is 0 Å². The van der Waals surface area contributed by atoms with E-state index in [1.165, 1.54) is 0 Å². The van der Waals surface area contributed by atoms with Crippen LogP contribution >= 0.6 is 0 Å². The molecule has 0 aromatic carbocycles. The number of aryl methyl sites for hydroxylation is 2. The van der Waals surface area contributed by atoms with Gasteiger partial charge in [0.05, 0.1) is 0 Å². The van der Waals surface area contributed by atoms with Crippen LogP contribution in [0.1, 0.15) is 11.1 Å². The monoisotopic (exact) mass is 137 g/mol. The molecule has 0 radical (unpaired) electrons. The zero-order valence-corrected chi connectivity index (χ0v) is 6.51. The highest BCUT2D eigenvalue weighted by Gasteiger charge is 1.96. The van der Waals surface area contributed by atoms with Gasteiger partial charge in [-0.1, -0.05) is 0 Å². The molecule has 1 aromatic heterocycles. The van der Waals surface area contributed by atoms with Crippen molar-refractivity contribution in [3.05, 3.63) is 33.7 Å². The van der Waals surface area contributed by atoms with E-state index in [1.54, 1.807) is 17.8 Å². The van der Waals surface area contributed by atoms with Gasteiger partial charge in [-0.25, -0.2) is 0 Å². The number of rotatable bonds is 0. The maximum absolute atomic E-state index is 11.2. The maximum atomic E-state index is 11.2. The van der Waals surface area contributed by atoms with Crippen LogP contribution in [-0.2, 0) is 7.05 Å². The van der Waals surface area contributed by atoms with Gasteiger partial charge in [-0.15, -0.1) is 0 Å². The van der Waals surface area contributed by atoms with Gasteiger partial charge < -0.3 is 4.57 Å². The predicted molar refractivity (Wildman–Crippen MR) is 41.2 cm³/mol. The molecule has 2 heteroatoms. The molecule has 0 aliphatic heterocycles. The van der Waals surface area contributed by atoms with E-state index in [2.05, 4.69) is 0 Å². The molecular formula is C8H11NO. The van der Waals surface area contributed by atoms with Crippen LogP contribution in [0.3, 0.4) is 0 Å². The van der Waals surface area contributed by atoms with Gasteiger partial charge in [-0.05, 0) is 25.5 Å². The molecule has 1 rings (SSSR count). The zero-order valence-electron chi connectivity index (χ0n) is 6.51. The molecule has 0 saturated carbocycles. The van der Waals surface area contributed by atoms with Crippen LogP contribution in [-0.4, -0.2) is 4.57 Å². The average Bonchev–Trinajstić information content (AvgIpc) is 1.93. The first-order valence-electron chi connectivity index (χ1n) is 3.26. The summed E-state index contributed by atoms with van der Waals surface area (Å²) in [5.41, 5.74) is 1.99. The molecule has 2 nitrogen and oxygen atoms in total. The Morgan fingerprint density at radius 2 is 2.00 bits per heavy atom. The van der Waals surface area contributed by atoms with Crippen LogP contribution in [0.25, 0.3) is 0 Å². The number of aromatic nitrogens is 1. The summed E-state index contributed by atoms with van der Waals surface area (Å²) in [7, 11) is 1.76. The molecule has 1 heterocycles. The topological polar surface area (TPSA) is 22.0 Å². The van der Waals surface area contributed by atoms with Crippen molar-refractivity contribution in [2.24, 2.45) is 7.05 Å². The first-order chi connectivity index (χ1) is 4.63. The number of hydrogen-bond donors (Lipinski definition) is 0. The van der Waals surface area contributed by atoms with Crippen molar-refractivity contribution >= 4 is 0 Å². The molecule has 0 spiro atoms. The molecule has 0 aliphatic carbocycles. The predicted octanol–water partition coefficient (Wildman–Crippen LogP) is 1.00. The van der Waals surface area contributed by atoms with E-state index >= 15 is 0 Å². The highest BCUT2D eigenvalue weighted by atomic mass is 16.1. The van der Waals surface area contributed by atoms with Crippen molar-refractivity contribution < 1.29 is 0 Å². The minimum absolute atomic E-state index is 0.0972. The fraction of sp³-hybridized carbons (Fsp3) is 0.375. The third-order valence-electron chi connectivity index (χ3n) is 1.78. The molecule has 0 atom stereocenters. The fourth-order valence-electron chi connectivity index (χ4n) is 0.850. The maximum Gasteiger partial charge on any atom is 0.253 e. The third kappa shape index (κ3) is 0.967. The normalized spacial score (nSPS) is 9.90. The van der Waals surface area contributed by atoms with Crippen LogP contribution in [0.2, 0.25) is 0 Å². The largest absolute Gasteiger partial charge is 0.318 e. The lowest BCUT2D eigenvalue weighted by atomic mass is 10.2. The van der Waals surface area contributed by atoms with E-state index in [-0.39, 0.29) is 5.56 Å². The number of pyridine rings is 1. The lowest BCUT2D eigenvalue weighted by Gasteiger charge is -2.00. The van der Waals surface area contributed by atoms with Crippen molar-refractivity contribution in [1.29, 1.82) is 0 Å². The quantitative estimate of drug-likeness (QED) is 0.523. The van der Waals surface area contributed by atoms with E-state index in [4.69, 9.17) is 0 Å². The lowest BCUT2D eigenvalue weighted by molar-refractivity contribution is 0.843. The van der Waals surface area contributed by atoms with Gasteiger partial charge in [0.25, 0.3) is 5.56 Å². The minimum atomic E-state index is 0.0972. The van der Waals surface area contributed by atoms with E-state index in [9.17, 15) is 4.79 Å². The molecule has 1 aromatic rings. The van der Waals surface area contributed by atoms with Crippen molar-refractivity contribution in [2.45, 2.75) is 13.8 Å². The minimum Gasteiger partial charge on any atom is -0.318 e. The van der Waals surface area contributed by atoms with Crippen molar-refractivity contribution in [2.75, 3.05) is 0 Å². The molecular weight excluding hydrogens is 126 g/mol. The Morgan fingerprint density at radius 1 is 1.40 bits per heavy atom. The van der Waals surface area contributed by atoms with E-state index in [0.29, 0.717) is 0 Å². The lowest BCUT2D eigenvalue weighted by Crippen LogP contribution is -2.18. The molecule has 10 heavy (non-hydrogen) atoms. The Bertz CT molecular complexity index is 299. The van der Waals surface area contributed by atoms with Crippen LogP contribution in [0, 0.1) is 13.8 Å². The van der Waals surface area contributed by atoms with Crippen molar-refractivity contribution in [1.82, 2.24) is 4.57 Å². The van der Waals surface area contributed by atoms with Gasteiger partial charge in [0, 0.05) is 18.8 Å². The molecule has 0 bridgehead atoms. The molecule has 0 fully saturated rings. The summed E-state index contributed by atoms with van der Waals surface area (Å²) in [4.78, 5) is 11.2. The highest BCUT2D eigenvalue weighted by molar-refractivity contribution is 5.20. The molecule has 0 unspecified atom stereocenters. The summed E-state index contributed by atoms with van der Waals surface area (Å²) in [6, 6.07) is 1.94. The number of hydrogen-bond acceptors (Lipinski definition) is 1.